The molecule has 5 aromatic rings. The van der Waals surface area contributed by atoms with Crippen molar-refractivity contribution in [1.82, 2.24) is 9.55 Å². The average Bonchev–Trinajstić information content (AvgIpc) is 3.27. The van der Waals surface area contributed by atoms with E-state index in [2.05, 4.69) is 72.5 Å². The van der Waals surface area contributed by atoms with Crippen molar-refractivity contribution in [2.45, 2.75) is 59.4 Å². The summed E-state index contributed by atoms with van der Waals surface area (Å²) in [5.41, 5.74) is 6.83. The second kappa shape index (κ2) is 12.3. The van der Waals surface area contributed by atoms with Crippen LogP contribution < -0.4 is 0 Å². The highest BCUT2D eigenvalue weighted by molar-refractivity contribution is 6.08. The van der Waals surface area contributed by atoms with E-state index in [1.54, 1.807) is 6.20 Å². The number of terminal acetylenes is 2. The van der Waals surface area contributed by atoms with Crippen LogP contribution in [0.25, 0.3) is 32.7 Å². The zero-order chi connectivity index (χ0) is 26.2. The van der Waals surface area contributed by atoms with E-state index in [1.807, 2.05) is 36.4 Å². The Balaban J connectivity index is 0.000000222. The number of rotatable bonds is 7. The van der Waals surface area contributed by atoms with Crippen molar-refractivity contribution in [3.63, 3.8) is 0 Å². The summed E-state index contributed by atoms with van der Waals surface area (Å²) in [5, 5.41) is 3.72. The lowest BCUT2D eigenvalue weighted by molar-refractivity contribution is 0.449. The fourth-order valence-electron chi connectivity index (χ4n) is 5.14. The van der Waals surface area contributed by atoms with E-state index in [9.17, 15) is 0 Å². The van der Waals surface area contributed by atoms with E-state index < -0.39 is 0 Å². The molecule has 0 radical (unpaired) electrons. The molecule has 0 aliphatic heterocycles. The Kier molecular flexibility index (Phi) is 8.66. The monoisotopic (exact) mass is 484 g/mol. The smallest absolute Gasteiger partial charge is 0.0702 e. The Morgan fingerprint density at radius 3 is 2.27 bits per heavy atom. The molecular weight excluding hydrogens is 448 g/mol. The van der Waals surface area contributed by atoms with Gasteiger partial charge in [0.1, 0.15) is 0 Å². The molecule has 2 nitrogen and oxygen atoms in total. The molecule has 0 amide bonds. The first kappa shape index (κ1) is 26.1. The van der Waals surface area contributed by atoms with Crippen molar-refractivity contribution in [2.75, 3.05) is 0 Å². The van der Waals surface area contributed by atoms with Gasteiger partial charge in [-0.2, -0.15) is 0 Å². The topological polar surface area (TPSA) is 17.8 Å². The van der Waals surface area contributed by atoms with Crippen LogP contribution in [-0.2, 0) is 13.0 Å². The van der Waals surface area contributed by atoms with E-state index >= 15 is 0 Å². The van der Waals surface area contributed by atoms with Crippen LogP contribution in [0.4, 0.5) is 0 Å². The first-order valence-corrected chi connectivity index (χ1v) is 13.4. The Morgan fingerprint density at radius 2 is 1.57 bits per heavy atom. The summed E-state index contributed by atoms with van der Waals surface area (Å²) in [6, 6.07) is 23.3. The fraction of sp³-hybridized carbons (Fsp3) is 0.286. The lowest BCUT2D eigenvalue weighted by atomic mass is 9.91. The summed E-state index contributed by atoms with van der Waals surface area (Å²) in [5.74, 6) is 6.13. The van der Waals surface area contributed by atoms with Gasteiger partial charge in [0.05, 0.1) is 5.52 Å². The van der Waals surface area contributed by atoms with Gasteiger partial charge in [-0.15, -0.1) is 12.8 Å². The van der Waals surface area contributed by atoms with E-state index in [0.29, 0.717) is 0 Å². The van der Waals surface area contributed by atoms with Gasteiger partial charge in [0.25, 0.3) is 0 Å². The highest BCUT2D eigenvalue weighted by Crippen LogP contribution is 2.31. The minimum absolute atomic E-state index is 0.790. The van der Waals surface area contributed by atoms with E-state index in [0.717, 1.165) is 34.5 Å². The molecule has 1 atom stereocenters. The minimum atomic E-state index is 0.790. The molecule has 0 saturated heterocycles. The number of pyridine rings is 1. The Bertz CT molecular complexity index is 1590. The standard InChI is InChI=1S/C24H29N.C11H7N/c1-5-9-10-18(6-2)15-20-12-14-24-22(17-20)21-16-19(7-3)11-13-23(21)25(24)8-4;1-2-9-7-10-5-3-4-6-11(10)12-8-9/h3,11-14,16-18H,5-6,8-10,15H2,1-2,4H3;1,3-8H. The van der Waals surface area contributed by atoms with Gasteiger partial charge in [-0.25, -0.2) is 0 Å². The van der Waals surface area contributed by atoms with Crippen LogP contribution in [0.1, 0.15) is 63.1 Å². The van der Waals surface area contributed by atoms with Crippen LogP contribution in [0.15, 0.2) is 72.9 Å². The van der Waals surface area contributed by atoms with E-state index in [1.165, 1.54) is 59.5 Å². The second-order valence-electron chi connectivity index (χ2n) is 9.65. The van der Waals surface area contributed by atoms with E-state index in [4.69, 9.17) is 12.8 Å². The third-order valence-electron chi connectivity index (χ3n) is 7.24. The first-order chi connectivity index (χ1) is 18.1. The maximum Gasteiger partial charge on any atom is 0.0702 e. The number of hydrogen-bond acceptors (Lipinski definition) is 1. The molecule has 37 heavy (non-hydrogen) atoms. The van der Waals surface area contributed by atoms with Gasteiger partial charge in [0.2, 0.25) is 0 Å². The molecule has 0 aliphatic carbocycles. The van der Waals surface area contributed by atoms with Gasteiger partial charge in [0, 0.05) is 51.1 Å². The lowest BCUT2D eigenvalue weighted by Crippen LogP contribution is -2.03. The van der Waals surface area contributed by atoms with E-state index in [-0.39, 0.29) is 0 Å². The Hall–Kier alpha value is -4.01. The van der Waals surface area contributed by atoms with Crippen LogP contribution in [0.5, 0.6) is 0 Å². The summed E-state index contributed by atoms with van der Waals surface area (Å²) in [6.45, 7) is 7.78. The largest absolute Gasteiger partial charge is 0.341 e. The zero-order valence-corrected chi connectivity index (χ0v) is 22.3. The SMILES string of the molecule is C#Cc1ccc2c(c1)c1cc(CC(CC)CCCC)ccc1n2CC.C#Cc1cnc2ccccc2c1. The third-order valence-corrected chi connectivity index (χ3v) is 7.24. The molecule has 0 spiro atoms. The number of nitrogens with zero attached hydrogens (tertiary/aromatic N) is 2. The highest BCUT2D eigenvalue weighted by atomic mass is 15.0. The van der Waals surface area contributed by atoms with Gasteiger partial charge in [-0.3, -0.25) is 4.98 Å². The maximum absolute atomic E-state index is 5.63. The molecule has 2 aromatic heterocycles. The molecular formula is C35H36N2. The van der Waals surface area contributed by atoms with Gasteiger partial charge in [-0.1, -0.05) is 75.6 Å². The molecule has 0 bridgehead atoms. The molecule has 1 unspecified atom stereocenters. The van der Waals surface area contributed by atoms with Crippen molar-refractivity contribution in [2.24, 2.45) is 5.92 Å². The van der Waals surface area contributed by atoms with Crippen LogP contribution in [-0.4, -0.2) is 9.55 Å². The van der Waals surface area contributed by atoms with Crippen molar-refractivity contribution in [3.05, 3.63) is 89.6 Å². The maximum atomic E-state index is 5.63. The second-order valence-corrected chi connectivity index (χ2v) is 9.65. The molecule has 0 saturated carbocycles. The number of unbranched alkanes of at least 4 members (excludes halogenated alkanes) is 1. The van der Waals surface area contributed by atoms with Crippen LogP contribution in [0, 0.1) is 30.6 Å². The first-order valence-electron chi connectivity index (χ1n) is 13.4. The molecule has 3 aromatic carbocycles. The number of benzene rings is 3. The molecule has 0 aliphatic rings. The predicted molar refractivity (Wildman–Crippen MR) is 160 cm³/mol. The summed E-state index contributed by atoms with van der Waals surface area (Å²) in [6.07, 6.45) is 19.0. The third kappa shape index (κ3) is 5.87. The Labute approximate surface area is 221 Å². The summed E-state index contributed by atoms with van der Waals surface area (Å²) in [7, 11) is 0. The summed E-state index contributed by atoms with van der Waals surface area (Å²) < 4.78 is 2.39. The molecule has 186 valence electrons. The van der Waals surface area contributed by atoms with Gasteiger partial charge < -0.3 is 4.57 Å². The van der Waals surface area contributed by atoms with Crippen LogP contribution >= 0.6 is 0 Å². The van der Waals surface area contributed by atoms with Gasteiger partial charge >= 0.3 is 0 Å². The number of para-hydroxylation sites is 1. The van der Waals surface area contributed by atoms with Crippen molar-refractivity contribution in [1.29, 1.82) is 0 Å². The Morgan fingerprint density at radius 1 is 0.838 bits per heavy atom. The molecule has 2 heterocycles. The molecule has 0 N–H and O–H groups in total. The number of hydrogen-bond donors (Lipinski definition) is 0. The predicted octanol–water partition coefficient (Wildman–Crippen LogP) is 8.77. The number of aryl methyl sites for hydroxylation is 1. The summed E-state index contributed by atoms with van der Waals surface area (Å²) >= 11 is 0. The summed E-state index contributed by atoms with van der Waals surface area (Å²) in [4.78, 5) is 4.21. The quantitative estimate of drug-likeness (QED) is 0.211. The van der Waals surface area contributed by atoms with Crippen molar-refractivity contribution < 1.29 is 0 Å². The molecule has 2 heteroatoms. The zero-order valence-electron chi connectivity index (χ0n) is 22.3. The van der Waals surface area contributed by atoms with Crippen LogP contribution in [0.3, 0.4) is 0 Å². The van der Waals surface area contributed by atoms with Crippen molar-refractivity contribution in [3.8, 4) is 24.7 Å². The normalized spacial score (nSPS) is 11.6. The number of fused-ring (bicyclic) bond motifs is 4. The lowest BCUT2D eigenvalue weighted by Gasteiger charge is -2.14. The average molecular weight is 485 g/mol. The fourth-order valence-corrected chi connectivity index (χ4v) is 5.14. The molecule has 5 rings (SSSR count). The number of aromatic nitrogens is 2. The van der Waals surface area contributed by atoms with Gasteiger partial charge in [-0.05, 0) is 67.3 Å². The van der Waals surface area contributed by atoms with Crippen molar-refractivity contribution >= 4 is 32.7 Å². The minimum Gasteiger partial charge on any atom is -0.341 e. The van der Waals surface area contributed by atoms with Gasteiger partial charge in [0.15, 0.2) is 0 Å². The van der Waals surface area contributed by atoms with Crippen LogP contribution in [0.2, 0.25) is 0 Å². The molecule has 0 fully saturated rings. The highest BCUT2D eigenvalue weighted by Gasteiger charge is 2.13.